The zero-order chi connectivity index (χ0) is 24.8. The van der Waals surface area contributed by atoms with E-state index in [9.17, 15) is 4.79 Å². The molecule has 0 fully saturated rings. The minimum atomic E-state index is -0.183. The van der Waals surface area contributed by atoms with Crippen LogP contribution in [0, 0.1) is 6.92 Å². The fourth-order valence-electron chi connectivity index (χ4n) is 3.16. The topological polar surface area (TPSA) is 116 Å². The average Bonchev–Trinajstić information content (AvgIpc) is 3.28. The number of hydrazine groups is 1. The minimum absolute atomic E-state index is 0.00650. The zero-order valence-electron chi connectivity index (χ0n) is 19.8. The first kappa shape index (κ1) is 24.3. The number of aryl methyl sites for hydroxylation is 1. The highest BCUT2D eigenvalue weighted by Gasteiger charge is 2.16. The summed E-state index contributed by atoms with van der Waals surface area (Å²) >= 11 is 0. The maximum absolute atomic E-state index is 12.3. The molecule has 0 aliphatic heterocycles. The molecule has 1 amide bonds. The maximum atomic E-state index is 12.3. The number of nitrogens with two attached hydrogens (primary N) is 1. The predicted molar refractivity (Wildman–Crippen MR) is 130 cm³/mol. The SMILES string of the molecule is C=C(OC(=Nc1ccc(C(=O)N(C)C)c(OC)c1)NN)c1ccc(-n2cnc(C)c2)c(OC)c1. The highest BCUT2D eigenvalue weighted by Crippen LogP contribution is 2.29. The Morgan fingerprint density at radius 2 is 1.88 bits per heavy atom. The third kappa shape index (κ3) is 5.36. The highest BCUT2D eigenvalue weighted by molar-refractivity contribution is 5.97. The summed E-state index contributed by atoms with van der Waals surface area (Å²) in [6, 6.07) is 10.4. The molecule has 3 N–H and O–H groups in total. The lowest BCUT2D eigenvalue weighted by Gasteiger charge is -2.15. The number of nitrogens with zero attached hydrogens (tertiary/aromatic N) is 4. The molecular formula is C24H28N6O4. The fraction of sp³-hybridized carbons (Fsp3) is 0.208. The Morgan fingerprint density at radius 3 is 2.47 bits per heavy atom. The Kier molecular flexibility index (Phi) is 7.54. The van der Waals surface area contributed by atoms with Gasteiger partial charge in [-0.1, -0.05) is 6.58 Å². The number of rotatable bonds is 7. The van der Waals surface area contributed by atoms with E-state index in [1.165, 1.54) is 12.0 Å². The summed E-state index contributed by atoms with van der Waals surface area (Å²) in [6.07, 6.45) is 3.62. The van der Waals surface area contributed by atoms with Crippen LogP contribution in [-0.2, 0) is 4.74 Å². The van der Waals surface area contributed by atoms with Crippen LogP contribution in [-0.4, -0.2) is 54.7 Å². The molecule has 0 saturated heterocycles. The summed E-state index contributed by atoms with van der Waals surface area (Å²) in [4.78, 5) is 22.4. The standard InChI is InChI=1S/C24H28N6O4/c1-15-13-30(14-26-15)20-10-7-17(11-22(20)33-6)16(2)34-24(28-25)27-18-8-9-19(21(12-18)32-5)23(31)29(3)4/h7-14H,2,25H2,1,3-6H3,(H,27,28). The van der Waals surface area contributed by atoms with Gasteiger partial charge in [-0.05, 0) is 37.3 Å². The molecular weight excluding hydrogens is 436 g/mol. The molecule has 3 aromatic rings. The van der Waals surface area contributed by atoms with Crippen LogP contribution < -0.4 is 20.7 Å². The number of aliphatic imine (C=N–C) groups is 1. The normalized spacial score (nSPS) is 11.1. The van der Waals surface area contributed by atoms with Crippen LogP contribution in [0.3, 0.4) is 0 Å². The van der Waals surface area contributed by atoms with E-state index < -0.39 is 0 Å². The summed E-state index contributed by atoms with van der Waals surface area (Å²) in [5.41, 5.74) is 5.69. The number of hydrogen-bond donors (Lipinski definition) is 2. The van der Waals surface area contributed by atoms with Gasteiger partial charge < -0.3 is 23.7 Å². The van der Waals surface area contributed by atoms with Crippen molar-refractivity contribution in [2.45, 2.75) is 6.92 Å². The number of amidine groups is 1. The Morgan fingerprint density at radius 1 is 1.15 bits per heavy atom. The van der Waals surface area contributed by atoms with E-state index in [1.54, 1.807) is 51.8 Å². The molecule has 2 aromatic carbocycles. The molecule has 1 heterocycles. The molecule has 0 unspecified atom stereocenters. The van der Waals surface area contributed by atoms with Crippen LogP contribution in [0.2, 0.25) is 0 Å². The van der Waals surface area contributed by atoms with E-state index in [0.717, 1.165) is 11.4 Å². The van der Waals surface area contributed by atoms with Gasteiger partial charge in [0.05, 0.1) is 43.2 Å². The molecule has 0 saturated carbocycles. The third-order valence-corrected chi connectivity index (χ3v) is 4.89. The van der Waals surface area contributed by atoms with Crippen LogP contribution >= 0.6 is 0 Å². The van der Waals surface area contributed by atoms with Gasteiger partial charge in [-0.15, -0.1) is 0 Å². The minimum Gasteiger partial charge on any atom is -0.496 e. The van der Waals surface area contributed by atoms with E-state index in [1.807, 2.05) is 29.8 Å². The lowest BCUT2D eigenvalue weighted by atomic mass is 10.1. The number of amides is 1. The summed E-state index contributed by atoms with van der Waals surface area (Å²) in [7, 11) is 6.41. The number of carbonyl (C=O) groups is 1. The molecule has 0 aliphatic carbocycles. The van der Waals surface area contributed by atoms with Crippen molar-refractivity contribution >= 4 is 23.4 Å². The molecule has 3 rings (SSSR count). The van der Waals surface area contributed by atoms with E-state index in [0.29, 0.717) is 34.1 Å². The van der Waals surface area contributed by atoms with Crippen LogP contribution in [0.4, 0.5) is 5.69 Å². The van der Waals surface area contributed by atoms with Crippen LogP contribution in [0.1, 0.15) is 21.6 Å². The van der Waals surface area contributed by atoms with Crippen LogP contribution in [0.25, 0.3) is 11.4 Å². The van der Waals surface area contributed by atoms with Crippen molar-refractivity contribution in [3.63, 3.8) is 0 Å². The zero-order valence-corrected chi connectivity index (χ0v) is 19.8. The van der Waals surface area contributed by atoms with Gasteiger partial charge in [0.1, 0.15) is 17.3 Å². The molecule has 178 valence electrons. The third-order valence-electron chi connectivity index (χ3n) is 4.89. The number of benzene rings is 2. The summed E-state index contributed by atoms with van der Waals surface area (Å²) < 4.78 is 18.5. The van der Waals surface area contributed by atoms with E-state index in [4.69, 9.17) is 20.1 Å². The van der Waals surface area contributed by atoms with Crippen molar-refractivity contribution in [2.75, 3.05) is 28.3 Å². The average molecular weight is 465 g/mol. The van der Waals surface area contributed by atoms with E-state index in [-0.39, 0.29) is 11.9 Å². The second-order valence-corrected chi connectivity index (χ2v) is 7.48. The molecule has 10 heteroatoms. The number of aromatic nitrogens is 2. The highest BCUT2D eigenvalue weighted by atomic mass is 16.5. The predicted octanol–water partition coefficient (Wildman–Crippen LogP) is 3.04. The van der Waals surface area contributed by atoms with Gasteiger partial charge in [0, 0.05) is 31.9 Å². The number of nitrogens with one attached hydrogen (secondary N) is 1. The lowest BCUT2D eigenvalue weighted by molar-refractivity contribution is 0.0824. The number of carbonyl (C=O) groups excluding carboxylic acids is 1. The van der Waals surface area contributed by atoms with Crippen molar-refractivity contribution < 1.29 is 19.0 Å². The van der Waals surface area contributed by atoms with Gasteiger partial charge in [-0.2, -0.15) is 4.99 Å². The summed E-state index contributed by atoms with van der Waals surface area (Å²) in [6.45, 7) is 5.89. The van der Waals surface area contributed by atoms with Gasteiger partial charge in [0.2, 0.25) is 0 Å². The van der Waals surface area contributed by atoms with Crippen molar-refractivity contribution in [3.05, 3.63) is 72.3 Å². The number of imidazole rings is 1. The Bertz CT molecular complexity index is 1230. The molecule has 0 aliphatic rings. The first-order chi connectivity index (χ1) is 16.3. The number of hydrogen-bond acceptors (Lipinski definition) is 7. The van der Waals surface area contributed by atoms with Gasteiger partial charge in [-0.25, -0.2) is 10.8 Å². The maximum Gasteiger partial charge on any atom is 0.310 e. The summed E-state index contributed by atoms with van der Waals surface area (Å²) in [5.74, 6) is 6.73. The largest absolute Gasteiger partial charge is 0.496 e. The van der Waals surface area contributed by atoms with Gasteiger partial charge in [0.25, 0.3) is 5.91 Å². The molecule has 34 heavy (non-hydrogen) atoms. The van der Waals surface area contributed by atoms with Crippen LogP contribution in [0.15, 0.2) is 60.5 Å². The second kappa shape index (κ2) is 10.5. The molecule has 0 spiro atoms. The summed E-state index contributed by atoms with van der Waals surface area (Å²) in [5, 5.41) is 0. The molecule has 1 aromatic heterocycles. The quantitative estimate of drug-likeness (QED) is 0.181. The van der Waals surface area contributed by atoms with Crippen molar-refractivity contribution in [2.24, 2.45) is 10.8 Å². The van der Waals surface area contributed by atoms with Gasteiger partial charge in [-0.3, -0.25) is 10.2 Å². The van der Waals surface area contributed by atoms with E-state index in [2.05, 4.69) is 22.0 Å². The monoisotopic (exact) mass is 464 g/mol. The number of methoxy groups -OCH3 is 2. The van der Waals surface area contributed by atoms with Crippen LogP contribution in [0.5, 0.6) is 11.5 Å². The van der Waals surface area contributed by atoms with Crippen molar-refractivity contribution in [1.82, 2.24) is 19.9 Å². The van der Waals surface area contributed by atoms with Gasteiger partial charge >= 0.3 is 6.02 Å². The Balaban J connectivity index is 1.83. The lowest BCUT2D eigenvalue weighted by Crippen LogP contribution is -2.31. The Labute approximate surface area is 198 Å². The molecule has 10 nitrogen and oxygen atoms in total. The van der Waals surface area contributed by atoms with E-state index >= 15 is 0 Å². The first-order valence-corrected chi connectivity index (χ1v) is 10.3. The molecule has 0 radical (unpaired) electrons. The van der Waals surface area contributed by atoms with Gasteiger partial charge in [0.15, 0.2) is 0 Å². The number of ether oxygens (including phenoxy) is 3. The van der Waals surface area contributed by atoms with Crippen molar-refractivity contribution in [1.29, 1.82) is 0 Å². The Hall–Kier alpha value is -4.31. The molecule has 0 bridgehead atoms. The first-order valence-electron chi connectivity index (χ1n) is 10.3. The fourth-order valence-corrected chi connectivity index (χ4v) is 3.16. The smallest absolute Gasteiger partial charge is 0.310 e. The van der Waals surface area contributed by atoms with Crippen molar-refractivity contribution in [3.8, 4) is 17.2 Å². The second-order valence-electron chi connectivity index (χ2n) is 7.48. The molecule has 0 atom stereocenters.